The van der Waals surface area contributed by atoms with Crippen LogP contribution in [0.5, 0.6) is 5.75 Å². The molecule has 2 amide bonds. The van der Waals surface area contributed by atoms with Crippen molar-refractivity contribution in [3.63, 3.8) is 0 Å². The van der Waals surface area contributed by atoms with Crippen LogP contribution < -0.4 is 14.4 Å². The summed E-state index contributed by atoms with van der Waals surface area (Å²) in [6.07, 6.45) is 0. The SMILES string of the molecule is CCNC(=O)[C@H](C)N(Cc1ccc(OC)cc1)C(=O)CN(c1cccc(C)c1C)S(=O)(=O)c1ccc(C)cc1. The molecule has 3 rings (SSSR count). The Labute approximate surface area is 231 Å². The predicted molar refractivity (Wildman–Crippen MR) is 153 cm³/mol. The van der Waals surface area contributed by atoms with Gasteiger partial charge in [-0.15, -0.1) is 0 Å². The minimum Gasteiger partial charge on any atom is -0.497 e. The molecule has 0 saturated heterocycles. The first-order valence-electron chi connectivity index (χ1n) is 12.8. The third-order valence-corrected chi connectivity index (χ3v) is 8.54. The minimum atomic E-state index is -4.11. The lowest BCUT2D eigenvalue weighted by Gasteiger charge is -2.32. The second-order valence-electron chi connectivity index (χ2n) is 9.48. The van der Waals surface area contributed by atoms with Gasteiger partial charge in [-0.3, -0.25) is 13.9 Å². The maximum Gasteiger partial charge on any atom is 0.264 e. The van der Waals surface area contributed by atoms with Crippen molar-refractivity contribution >= 4 is 27.5 Å². The zero-order valence-electron chi connectivity index (χ0n) is 23.4. The van der Waals surface area contributed by atoms with Gasteiger partial charge < -0.3 is 15.0 Å². The van der Waals surface area contributed by atoms with E-state index in [4.69, 9.17) is 4.74 Å². The van der Waals surface area contributed by atoms with E-state index >= 15 is 0 Å². The first-order valence-corrected chi connectivity index (χ1v) is 14.3. The second kappa shape index (κ2) is 12.8. The summed E-state index contributed by atoms with van der Waals surface area (Å²) in [7, 11) is -2.54. The van der Waals surface area contributed by atoms with Gasteiger partial charge in [-0.05, 0) is 81.6 Å². The number of carbonyl (C=O) groups is 2. The Morgan fingerprint density at radius 3 is 2.18 bits per heavy atom. The molecule has 0 heterocycles. The molecular weight excluding hydrogens is 514 g/mol. The van der Waals surface area contributed by atoms with E-state index in [1.54, 1.807) is 69.5 Å². The van der Waals surface area contributed by atoms with Crippen LogP contribution in [0.1, 0.15) is 36.1 Å². The number of benzene rings is 3. The van der Waals surface area contributed by atoms with Crippen LogP contribution in [-0.2, 0) is 26.2 Å². The standard InChI is InChI=1S/C30H37N3O5S/c1-7-31-30(35)24(5)32(19-25-13-15-26(38-6)16-14-25)29(34)20-33(28-10-8-9-22(3)23(28)4)39(36,37)27-17-11-21(2)12-18-27/h8-18,24H,7,19-20H2,1-6H3,(H,31,35)/t24-/m0/s1. The third-order valence-electron chi connectivity index (χ3n) is 6.76. The Bertz CT molecular complexity index is 1400. The molecule has 0 fully saturated rings. The van der Waals surface area contributed by atoms with Gasteiger partial charge in [0.15, 0.2) is 0 Å². The Morgan fingerprint density at radius 1 is 0.949 bits per heavy atom. The van der Waals surface area contributed by atoms with Gasteiger partial charge in [0.25, 0.3) is 10.0 Å². The zero-order chi connectivity index (χ0) is 28.7. The Morgan fingerprint density at radius 2 is 1.59 bits per heavy atom. The fraction of sp³-hybridized carbons (Fsp3) is 0.333. The smallest absolute Gasteiger partial charge is 0.264 e. The highest BCUT2D eigenvalue weighted by molar-refractivity contribution is 7.92. The summed E-state index contributed by atoms with van der Waals surface area (Å²) in [4.78, 5) is 28.3. The Balaban J connectivity index is 2.06. The molecule has 3 aromatic carbocycles. The predicted octanol–water partition coefficient (Wildman–Crippen LogP) is 4.37. The monoisotopic (exact) mass is 551 g/mol. The zero-order valence-corrected chi connectivity index (χ0v) is 24.2. The van der Waals surface area contributed by atoms with Gasteiger partial charge in [-0.25, -0.2) is 8.42 Å². The molecule has 1 atom stereocenters. The third kappa shape index (κ3) is 6.97. The number of hydrogen-bond donors (Lipinski definition) is 1. The lowest BCUT2D eigenvalue weighted by Crippen LogP contribution is -2.51. The number of likely N-dealkylation sites (N-methyl/N-ethyl adjacent to an activating group) is 1. The number of nitrogens with one attached hydrogen (secondary N) is 1. The number of sulfonamides is 1. The van der Waals surface area contributed by atoms with Crippen LogP contribution in [0.4, 0.5) is 5.69 Å². The molecule has 9 heteroatoms. The topological polar surface area (TPSA) is 96.0 Å². The van der Waals surface area contributed by atoms with Gasteiger partial charge in [-0.1, -0.05) is 42.0 Å². The van der Waals surface area contributed by atoms with E-state index in [1.807, 2.05) is 39.0 Å². The molecule has 0 saturated carbocycles. The minimum absolute atomic E-state index is 0.0836. The van der Waals surface area contributed by atoms with Crippen molar-refractivity contribution in [2.75, 3.05) is 24.5 Å². The van der Waals surface area contributed by atoms with Gasteiger partial charge in [0.1, 0.15) is 18.3 Å². The summed E-state index contributed by atoms with van der Waals surface area (Å²) in [6.45, 7) is 9.10. The highest BCUT2D eigenvalue weighted by Crippen LogP contribution is 2.29. The number of amides is 2. The molecule has 0 aliphatic heterocycles. The van der Waals surface area contributed by atoms with E-state index in [0.717, 1.165) is 26.6 Å². The van der Waals surface area contributed by atoms with Gasteiger partial charge in [0.2, 0.25) is 11.8 Å². The van der Waals surface area contributed by atoms with Crippen molar-refractivity contribution in [1.82, 2.24) is 10.2 Å². The maximum atomic E-state index is 14.0. The summed E-state index contributed by atoms with van der Waals surface area (Å²) in [6, 6.07) is 18.2. The molecule has 0 aliphatic carbocycles. The molecule has 0 aliphatic rings. The molecule has 0 radical (unpaired) electrons. The maximum absolute atomic E-state index is 14.0. The normalized spacial score (nSPS) is 11.9. The van der Waals surface area contributed by atoms with Crippen LogP contribution in [0.15, 0.2) is 71.6 Å². The van der Waals surface area contributed by atoms with E-state index in [2.05, 4.69) is 5.32 Å². The van der Waals surface area contributed by atoms with Crippen molar-refractivity contribution in [3.05, 3.63) is 89.0 Å². The molecular formula is C30H37N3O5S. The highest BCUT2D eigenvalue weighted by Gasteiger charge is 2.33. The summed E-state index contributed by atoms with van der Waals surface area (Å²) >= 11 is 0. The number of hydrogen-bond acceptors (Lipinski definition) is 5. The van der Waals surface area contributed by atoms with Crippen LogP contribution >= 0.6 is 0 Å². The molecule has 8 nitrogen and oxygen atoms in total. The molecule has 1 N–H and O–H groups in total. The van der Waals surface area contributed by atoms with Crippen molar-refractivity contribution < 1.29 is 22.7 Å². The van der Waals surface area contributed by atoms with E-state index < -0.39 is 28.5 Å². The second-order valence-corrected chi connectivity index (χ2v) is 11.3. The van der Waals surface area contributed by atoms with E-state index in [1.165, 1.54) is 4.90 Å². The van der Waals surface area contributed by atoms with E-state index in [-0.39, 0.29) is 17.3 Å². The average molecular weight is 552 g/mol. The fourth-order valence-electron chi connectivity index (χ4n) is 4.19. The summed E-state index contributed by atoms with van der Waals surface area (Å²) < 4.78 is 34.3. The Kier molecular flexibility index (Phi) is 9.75. The van der Waals surface area contributed by atoms with Crippen LogP contribution in [0.2, 0.25) is 0 Å². The Hall–Kier alpha value is -3.85. The van der Waals surface area contributed by atoms with Crippen molar-refractivity contribution in [3.8, 4) is 5.75 Å². The molecule has 0 bridgehead atoms. The number of ether oxygens (including phenoxy) is 1. The van der Waals surface area contributed by atoms with Gasteiger partial charge in [-0.2, -0.15) is 0 Å². The number of nitrogens with zero attached hydrogens (tertiary/aromatic N) is 2. The van der Waals surface area contributed by atoms with E-state index in [0.29, 0.717) is 18.0 Å². The fourth-order valence-corrected chi connectivity index (χ4v) is 5.66. The largest absolute Gasteiger partial charge is 0.497 e. The van der Waals surface area contributed by atoms with Crippen LogP contribution in [-0.4, -0.2) is 51.4 Å². The summed E-state index contributed by atoms with van der Waals surface area (Å²) in [5, 5.41) is 2.76. The molecule has 0 aromatic heterocycles. The lowest BCUT2D eigenvalue weighted by atomic mass is 10.1. The molecule has 3 aromatic rings. The van der Waals surface area contributed by atoms with Crippen LogP contribution in [0, 0.1) is 20.8 Å². The number of methoxy groups -OCH3 is 1. The first kappa shape index (κ1) is 29.7. The van der Waals surface area contributed by atoms with E-state index in [9.17, 15) is 18.0 Å². The number of aryl methyl sites for hydroxylation is 2. The van der Waals surface area contributed by atoms with Crippen molar-refractivity contribution in [1.29, 1.82) is 0 Å². The van der Waals surface area contributed by atoms with Gasteiger partial charge >= 0.3 is 0 Å². The average Bonchev–Trinajstić information content (AvgIpc) is 2.92. The van der Waals surface area contributed by atoms with Gasteiger partial charge in [0.05, 0.1) is 17.7 Å². The molecule has 0 spiro atoms. The molecule has 0 unspecified atom stereocenters. The molecule has 39 heavy (non-hydrogen) atoms. The van der Waals surface area contributed by atoms with Gasteiger partial charge in [0, 0.05) is 13.1 Å². The number of anilines is 1. The molecule has 208 valence electrons. The lowest BCUT2D eigenvalue weighted by molar-refractivity contribution is -0.139. The highest BCUT2D eigenvalue weighted by atomic mass is 32.2. The summed E-state index contributed by atoms with van der Waals surface area (Å²) in [5.74, 6) is -0.154. The number of rotatable bonds is 11. The van der Waals surface area contributed by atoms with Crippen molar-refractivity contribution in [2.45, 2.75) is 52.1 Å². The first-order chi connectivity index (χ1) is 18.5. The van der Waals surface area contributed by atoms with Crippen molar-refractivity contribution in [2.24, 2.45) is 0 Å². The summed E-state index contributed by atoms with van der Waals surface area (Å²) in [5.41, 5.74) is 3.76. The van der Waals surface area contributed by atoms with Crippen LogP contribution in [0.25, 0.3) is 0 Å². The quantitative estimate of drug-likeness (QED) is 0.382. The number of carbonyl (C=O) groups excluding carboxylic acids is 2. The van der Waals surface area contributed by atoms with Crippen LogP contribution in [0.3, 0.4) is 0 Å².